The maximum absolute atomic E-state index is 11.4. The molecule has 0 fully saturated rings. The van der Waals surface area contributed by atoms with E-state index in [9.17, 15) is 8.42 Å². The van der Waals surface area contributed by atoms with Gasteiger partial charge in [-0.2, -0.15) is 0 Å². The molecular weight excluding hydrogens is 236 g/mol. The molecule has 0 saturated heterocycles. The van der Waals surface area contributed by atoms with Gasteiger partial charge in [-0.1, -0.05) is 11.6 Å². The van der Waals surface area contributed by atoms with Crippen molar-refractivity contribution in [2.45, 2.75) is 6.92 Å². The van der Waals surface area contributed by atoms with E-state index in [2.05, 4.69) is 0 Å². The minimum Gasteiger partial charge on any atom is -0.397 e. The molecule has 0 bridgehead atoms. The third-order valence-electron chi connectivity index (χ3n) is 1.96. The molecule has 0 saturated carbocycles. The van der Waals surface area contributed by atoms with Gasteiger partial charge in [-0.25, -0.2) is 8.42 Å². The molecule has 0 aromatic heterocycles. The van der Waals surface area contributed by atoms with Crippen molar-refractivity contribution in [3.05, 3.63) is 23.2 Å². The summed E-state index contributed by atoms with van der Waals surface area (Å²) in [4.78, 5) is 0. The minimum absolute atomic E-state index is 0.361. The summed E-state index contributed by atoms with van der Waals surface area (Å²) in [6, 6.07) is 4.76. The zero-order chi connectivity index (χ0) is 11.6. The van der Waals surface area contributed by atoms with Crippen LogP contribution in [-0.4, -0.2) is 21.2 Å². The van der Waals surface area contributed by atoms with Crippen LogP contribution in [-0.2, 0) is 10.0 Å². The van der Waals surface area contributed by atoms with Crippen molar-refractivity contribution in [3.8, 4) is 0 Å². The van der Waals surface area contributed by atoms with Crippen molar-refractivity contribution in [1.29, 1.82) is 0 Å². The minimum atomic E-state index is -3.26. The van der Waals surface area contributed by atoms with Crippen LogP contribution in [0.3, 0.4) is 0 Å². The molecule has 0 aliphatic rings. The molecule has 0 radical (unpaired) electrons. The standard InChI is InChI=1S/C9H13ClN2O2S/c1-3-12(15(2,13)14)7-4-5-8(10)9(11)6-7/h4-6H,3,11H2,1-2H3. The molecule has 6 heteroatoms. The highest BCUT2D eigenvalue weighted by Crippen LogP contribution is 2.26. The Labute approximate surface area is 94.7 Å². The second kappa shape index (κ2) is 4.28. The van der Waals surface area contributed by atoms with E-state index in [-0.39, 0.29) is 0 Å². The molecule has 0 unspecified atom stereocenters. The van der Waals surface area contributed by atoms with Crippen LogP contribution >= 0.6 is 11.6 Å². The third-order valence-corrected chi connectivity index (χ3v) is 3.57. The van der Waals surface area contributed by atoms with Crippen molar-refractivity contribution in [2.75, 3.05) is 22.8 Å². The smallest absolute Gasteiger partial charge is 0.232 e. The summed E-state index contributed by atoms with van der Waals surface area (Å²) in [5.74, 6) is 0. The normalized spacial score (nSPS) is 11.4. The van der Waals surface area contributed by atoms with Crippen LogP contribution in [0.5, 0.6) is 0 Å². The van der Waals surface area contributed by atoms with Gasteiger partial charge in [0.15, 0.2) is 0 Å². The van der Waals surface area contributed by atoms with Gasteiger partial charge in [0.1, 0.15) is 0 Å². The zero-order valence-electron chi connectivity index (χ0n) is 8.57. The van der Waals surface area contributed by atoms with Crippen molar-refractivity contribution in [2.24, 2.45) is 0 Å². The highest BCUT2D eigenvalue weighted by Gasteiger charge is 2.15. The van der Waals surface area contributed by atoms with Crippen molar-refractivity contribution in [3.63, 3.8) is 0 Å². The van der Waals surface area contributed by atoms with Crippen LogP contribution in [0.2, 0.25) is 5.02 Å². The van der Waals surface area contributed by atoms with E-state index >= 15 is 0 Å². The van der Waals surface area contributed by atoms with E-state index in [1.54, 1.807) is 25.1 Å². The maximum Gasteiger partial charge on any atom is 0.232 e. The van der Waals surface area contributed by atoms with E-state index in [0.717, 1.165) is 6.26 Å². The fourth-order valence-corrected chi connectivity index (χ4v) is 2.38. The summed E-state index contributed by atoms with van der Waals surface area (Å²) in [7, 11) is -3.26. The van der Waals surface area contributed by atoms with Crippen LogP contribution < -0.4 is 10.0 Å². The van der Waals surface area contributed by atoms with Crippen molar-refractivity contribution >= 4 is 33.0 Å². The quantitative estimate of drug-likeness (QED) is 0.829. The molecule has 1 aromatic rings. The molecule has 0 amide bonds. The van der Waals surface area contributed by atoms with Crippen LogP contribution in [0.15, 0.2) is 18.2 Å². The summed E-state index contributed by atoms with van der Waals surface area (Å²) < 4.78 is 24.1. The molecular formula is C9H13ClN2O2S. The van der Waals surface area contributed by atoms with Gasteiger partial charge in [-0.3, -0.25) is 4.31 Å². The molecule has 15 heavy (non-hydrogen) atoms. The van der Waals surface area contributed by atoms with Crippen molar-refractivity contribution < 1.29 is 8.42 Å². The molecule has 0 aliphatic carbocycles. The van der Waals surface area contributed by atoms with Gasteiger partial charge in [0, 0.05) is 6.54 Å². The first kappa shape index (κ1) is 12.1. The molecule has 0 aliphatic heterocycles. The van der Waals surface area contributed by atoms with E-state index < -0.39 is 10.0 Å². The Morgan fingerprint density at radius 3 is 2.47 bits per heavy atom. The number of nitrogens with two attached hydrogens (primary N) is 1. The molecule has 0 heterocycles. The van der Waals surface area contributed by atoms with Crippen LogP contribution in [0.1, 0.15) is 6.92 Å². The number of halogens is 1. The summed E-state index contributed by atoms with van der Waals surface area (Å²) in [5.41, 5.74) is 6.50. The van der Waals surface area contributed by atoms with Gasteiger partial charge in [0.05, 0.1) is 22.7 Å². The SMILES string of the molecule is CCN(c1ccc(Cl)c(N)c1)S(C)(=O)=O. The lowest BCUT2D eigenvalue weighted by Gasteiger charge is -2.20. The zero-order valence-corrected chi connectivity index (χ0v) is 10.1. The molecule has 1 rings (SSSR count). The highest BCUT2D eigenvalue weighted by molar-refractivity contribution is 7.92. The molecule has 4 nitrogen and oxygen atoms in total. The second-order valence-corrected chi connectivity index (χ2v) is 5.45. The van der Waals surface area contributed by atoms with Crippen molar-refractivity contribution in [1.82, 2.24) is 0 Å². The van der Waals surface area contributed by atoms with Gasteiger partial charge in [0.25, 0.3) is 0 Å². The lowest BCUT2D eigenvalue weighted by molar-refractivity contribution is 0.598. The number of hydrogen-bond acceptors (Lipinski definition) is 3. The average molecular weight is 249 g/mol. The van der Waals surface area contributed by atoms with Gasteiger partial charge in [-0.05, 0) is 25.1 Å². The number of hydrogen-bond donors (Lipinski definition) is 1. The van der Waals surface area contributed by atoms with E-state index in [0.29, 0.717) is 22.9 Å². The molecule has 0 spiro atoms. The number of nitrogen functional groups attached to an aromatic ring is 1. The Hall–Kier alpha value is -0.940. The fraction of sp³-hybridized carbons (Fsp3) is 0.333. The summed E-state index contributed by atoms with van der Waals surface area (Å²) >= 11 is 5.75. The summed E-state index contributed by atoms with van der Waals surface area (Å²) in [6.45, 7) is 2.12. The predicted molar refractivity (Wildman–Crippen MR) is 63.7 cm³/mol. The number of rotatable bonds is 3. The third kappa shape index (κ3) is 2.76. The van der Waals surface area contributed by atoms with Crippen LogP contribution in [0.4, 0.5) is 11.4 Å². The van der Waals surface area contributed by atoms with E-state index in [1.807, 2.05) is 0 Å². The Morgan fingerprint density at radius 1 is 1.47 bits per heavy atom. The first-order valence-electron chi connectivity index (χ1n) is 4.39. The molecule has 1 aromatic carbocycles. The number of anilines is 2. The first-order chi connectivity index (χ1) is 6.86. The number of sulfonamides is 1. The van der Waals surface area contributed by atoms with Gasteiger partial charge >= 0.3 is 0 Å². The lowest BCUT2D eigenvalue weighted by atomic mass is 10.3. The van der Waals surface area contributed by atoms with Gasteiger partial charge in [0.2, 0.25) is 10.0 Å². The summed E-state index contributed by atoms with van der Waals surface area (Å²) in [5, 5.41) is 0.420. The predicted octanol–water partition coefficient (Wildman–Crippen LogP) is 1.71. The Bertz CT molecular complexity index is 459. The molecule has 2 N–H and O–H groups in total. The second-order valence-electron chi connectivity index (χ2n) is 3.13. The highest BCUT2D eigenvalue weighted by atomic mass is 35.5. The largest absolute Gasteiger partial charge is 0.397 e. The average Bonchev–Trinajstić information content (AvgIpc) is 2.10. The number of benzene rings is 1. The fourth-order valence-electron chi connectivity index (χ4n) is 1.29. The molecule has 0 atom stereocenters. The Balaban J connectivity index is 3.20. The van der Waals surface area contributed by atoms with Crippen LogP contribution in [0, 0.1) is 0 Å². The van der Waals surface area contributed by atoms with Gasteiger partial charge < -0.3 is 5.73 Å². The monoisotopic (exact) mass is 248 g/mol. The van der Waals surface area contributed by atoms with E-state index in [1.165, 1.54) is 4.31 Å². The Morgan fingerprint density at radius 2 is 2.07 bits per heavy atom. The van der Waals surface area contributed by atoms with Gasteiger partial charge in [-0.15, -0.1) is 0 Å². The number of nitrogens with zero attached hydrogens (tertiary/aromatic N) is 1. The topological polar surface area (TPSA) is 63.4 Å². The maximum atomic E-state index is 11.4. The lowest BCUT2D eigenvalue weighted by Crippen LogP contribution is -2.29. The van der Waals surface area contributed by atoms with E-state index in [4.69, 9.17) is 17.3 Å². The first-order valence-corrected chi connectivity index (χ1v) is 6.61. The van der Waals surface area contributed by atoms with Crippen LogP contribution in [0.25, 0.3) is 0 Å². The summed E-state index contributed by atoms with van der Waals surface area (Å²) in [6.07, 6.45) is 1.15. The Kier molecular flexibility index (Phi) is 3.46. The molecule has 84 valence electrons.